The van der Waals surface area contributed by atoms with Crippen LogP contribution in [0.3, 0.4) is 0 Å². The zero-order valence-corrected chi connectivity index (χ0v) is 6.97. The van der Waals surface area contributed by atoms with Crippen molar-refractivity contribution in [2.75, 3.05) is 7.11 Å². The molecule has 2 aromatic heterocycles. The van der Waals surface area contributed by atoms with Gasteiger partial charge in [-0.25, -0.2) is 4.79 Å². The second-order valence-corrected chi connectivity index (χ2v) is 2.51. The molecule has 13 heavy (non-hydrogen) atoms. The monoisotopic (exact) mass is 177 g/mol. The molecule has 0 spiro atoms. The fourth-order valence-electron chi connectivity index (χ4n) is 1.07. The molecule has 0 atom stereocenters. The molecule has 0 N–H and O–H groups in total. The second kappa shape index (κ2) is 2.85. The highest BCUT2D eigenvalue weighted by Crippen LogP contribution is 2.04. The van der Waals surface area contributed by atoms with E-state index in [-0.39, 0.29) is 5.97 Å². The van der Waals surface area contributed by atoms with E-state index in [2.05, 4.69) is 14.9 Å². The van der Waals surface area contributed by atoms with Crippen LogP contribution in [0.2, 0.25) is 0 Å². The van der Waals surface area contributed by atoms with Gasteiger partial charge in [0.15, 0.2) is 5.65 Å². The summed E-state index contributed by atoms with van der Waals surface area (Å²) in [5.41, 5.74) is 1.18. The molecule has 0 aliphatic carbocycles. The lowest BCUT2D eigenvalue weighted by molar-refractivity contribution is 0.0600. The minimum absolute atomic E-state index is 0.365. The summed E-state index contributed by atoms with van der Waals surface area (Å²) in [6.07, 6.45) is 3.16. The first-order valence-electron chi connectivity index (χ1n) is 3.69. The Morgan fingerprint density at radius 2 is 2.38 bits per heavy atom. The van der Waals surface area contributed by atoms with Gasteiger partial charge in [0.25, 0.3) is 0 Å². The fraction of sp³-hybridized carbons (Fsp3) is 0.125. The van der Waals surface area contributed by atoms with Gasteiger partial charge in [0.2, 0.25) is 0 Å². The van der Waals surface area contributed by atoms with E-state index in [9.17, 15) is 4.79 Å². The van der Waals surface area contributed by atoms with Crippen molar-refractivity contribution in [3.8, 4) is 0 Å². The van der Waals surface area contributed by atoms with E-state index in [4.69, 9.17) is 0 Å². The van der Waals surface area contributed by atoms with E-state index in [0.717, 1.165) is 0 Å². The normalized spacial score (nSPS) is 10.2. The topological polar surface area (TPSA) is 56.5 Å². The Labute approximate surface area is 74.0 Å². The first-order chi connectivity index (χ1) is 6.31. The van der Waals surface area contributed by atoms with Crippen LogP contribution in [0.4, 0.5) is 0 Å². The maximum absolute atomic E-state index is 11.1. The van der Waals surface area contributed by atoms with Gasteiger partial charge >= 0.3 is 5.97 Å². The van der Waals surface area contributed by atoms with Gasteiger partial charge in [0.1, 0.15) is 6.33 Å². The van der Waals surface area contributed by atoms with E-state index in [1.54, 1.807) is 22.7 Å². The summed E-state index contributed by atoms with van der Waals surface area (Å²) < 4.78 is 6.23. The summed E-state index contributed by atoms with van der Waals surface area (Å²) in [7, 11) is 1.35. The van der Waals surface area contributed by atoms with E-state index in [0.29, 0.717) is 11.2 Å². The average Bonchev–Trinajstić information content (AvgIpc) is 2.63. The molecule has 0 aromatic carbocycles. The van der Waals surface area contributed by atoms with Gasteiger partial charge in [0, 0.05) is 6.20 Å². The molecule has 0 saturated heterocycles. The summed E-state index contributed by atoms with van der Waals surface area (Å²) in [5.74, 6) is -0.365. The highest BCUT2D eigenvalue weighted by Gasteiger charge is 2.05. The van der Waals surface area contributed by atoms with Crippen molar-refractivity contribution in [3.05, 3.63) is 30.2 Å². The molecule has 0 fully saturated rings. The lowest BCUT2D eigenvalue weighted by atomic mass is 10.3. The average molecular weight is 177 g/mol. The number of nitrogens with zero attached hydrogens (tertiary/aromatic N) is 3. The summed E-state index contributed by atoms with van der Waals surface area (Å²) in [4.78, 5) is 11.1. The van der Waals surface area contributed by atoms with Crippen molar-refractivity contribution < 1.29 is 9.53 Å². The molecule has 0 bridgehead atoms. The van der Waals surface area contributed by atoms with Crippen LogP contribution >= 0.6 is 0 Å². The number of hydrogen-bond acceptors (Lipinski definition) is 4. The number of ether oxygens (including phenoxy) is 1. The Hall–Kier alpha value is -1.91. The number of fused-ring (bicyclic) bond motifs is 1. The Bertz CT molecular complexity index is 449. The second-order valence-electron chi connectivity index (χ2n) is 2.51. The van der Waals surface area contributed by atoms with Gasteiger partial charge < -0.3 is 4.74 Å². The zero-order chi connectivity index (χ0) is 9.26. The van der Waals surface area contributed by atoms with Crippen molar-refractivity contribution in [2.24, 2.45) is 0 Å². The largest absolute Gasteiger partial charge is 0.465 e. The first-order valence-corrected chi connectivity index (χ1v) is 3.69. The minimum atomic E-state index is -0.365. The Balaban J connectivity index is 2.54. The number of methoxy groups -OCH3 is 1. The molecule has 2 rings (SSSR count). The Morgan fingerprint density at radius 3 is 3.15 bits per heavy atom. The molecular weight excluding hydrogens is 170 g/mol. The van der Waals surface area contributed by atoms with E-state index >= 15 is 0 Å². The molecule has 0 aliphatic heterocycles. The Morgan fingerprint density at radius 1 is 1.54 bits per heavy atom. The van der Waals surface area contributed by atoms with E-state index in [1.165, 1.54) is 13.4 Å². The molecule has 0 unspecified atom stereocenters. The predicted octanol–water partition coefficient (Wildman–Crippen LogP) is 0.516. The summed E-state index contributed by atoms with van der Waals surface area (Å²) in [6, 6.07) is 3.36. The van der Waals surface area contributed by atoms with Gasteiger partial charge in [-0.05, 0) is 12.1 Å². The molecule has 0 saturated carbocycles. The number of hydrogen-bond donors (Lipinski definition) is 0. The summed E-state index contributed by atoms with van der Waals surface area (Å²) >= 11 is 0. The zero-order valence-electron chi connectivity index (χ0n) is 6.97. The van der Waals surface area contributed by atoms with Gasteiger partial charge in [0.05, 0.1) is 12.7 Å². The van der Waals surface area contributed by atoms with Gasteiger partial charge in [-0.2, -0.15) is 0 Å². The van der Waals surface area contributed by atoms with Crippen LogP contribution in [0.1, 0.15) is 10.4 Å². The van der Waals surface area contributed by atoms with Crippen molar-refractivity contribution in [2.45, 2.75) is 0 Å². The SMILES string of the molecule is COC(=O)c1ccc2nncn2c1. The first kappa shape index (κ1) is 7.72. The number of aromatic nitrogens is 3. The molecule has 5 nitrogen and oxygen atoms in total. The molecule has 66 valence electrons. The number of carbonyl (C=O) groups excluding carboxylic acids is 1. The quantitative estimate of drug-likeness (QED) is 0.596. The molecule has 0 aliphatic rings. The van der Waals surface area contributed by atoms with Crippen molar-refractivity contribution in [1.82, 2.24) is 14.6 Å². The number of pyridine rings is 1. The Kier molecular flexibility index (Phi) is 1.70. The van der Waals surface area contributed by atoms with Gasteiger partial charge in [-0.3, -0.25) is 4.40 Å². The van der Waals surface area contributed by atoms with Crippen LogP contribution in [0.15, 0.2) is 24.7 Å². The molecular formula is C8H7N3O2. The van der Waals surface area contributed by atoms with Gasteiger partial charge in [-0.15, -0.1) is 10.2 Å². The molecule has 2 aromatic rings. The maximum Gasteiger partial charge on any atom is 0.339 e. The van der Waals surface area contributed by atoms with Crippen molar-refractivity contribution in [1.29, 1.82) is 0 Å². The third kappa shape index (κ3) is 1.24. The van der Waals surface area contributed by atoms with Crippen LogP contribution in [-0.4, -0.2) is 27.7 Å². The lowest BCUT2D eigenvalue weighted by Gasteiger charge is -1.98. The summed E-state index contributed by atoms with van der Waals surface area (Å²) in [6.45, 7) is 0. The van der Waals surface area contributed by atoms with Crippen LogP contribution in [-0.2, 0) is 4.74 Å². The smallest absolute Gasteiger partial charge is 0.339 e. The summed E-state index contributed by atoms with van der Waals surface area (Å²) in [5, 5.41) is 7.49. The number of rotatable bonds is 1. The third-order valence-electron chi connectivity index (χ3n) is 1.71. The van der Waals surface area contributed by atoms with Gasteiger partial charge in [-0.1, -0.05) is 0 Å². The van der Waals surface area contributed by atoms with Crippen LogP contribution in [0.25, 0.3) is 5.65 Å². The molecule has 0 radical (unpaired) electrons. The molecule has 5 heteroatoms. The third-order valence-corrected chi connectivity index (χ3v) is 1.71. The predicted molar refractivity (Wildman–Crippen MR) is 44.3 cm³/mol. The van der Waals surface area contributed by atoms with Crippen LogP contribution < -0.4 is 0 Å². The minimum Gasteiger partial charge on any atom is -0.465 e. The van der Waals surface area contributed by atoms with Crippen LogP contribution in [0, 0.1) is 0 Å². The number of carbonyl (C=O) groups is 1. The van der Waals surface area contributed by atoms with Crippen LogP contribution in [0.5, 0.6) is 0 Å². The van der Waals surface area contributed by atoms with Crippen molar-refractivity contribution in [3.63, 3.8) is 0 Å². The van der Waals surface area contributed by atoms with E-state index < -0.39 is 0 Å². The number of esters is 1. The highest BCUT2D eigenvalue weighted by molar-refractivity contribution is 5.89. The molecule has 0 amide bonds. The highest BCUT2D eigenvalue weighted by atomic mass is 16.5. The standard InChI is InChI=1S/C8H7N3O2/c1-13-8(12)6-2-3-7-10-9-5-11(7)4-6/h2-5H,1H3. The van der Waals surface area contributed by atoms with Crippen molar-refractivity contribution >= 4 is 11.6 Å². The fourth-order valence-corrected chi connectivity index (χ4v) is 1.07. The maximum atomic E-state index is 11.1. The van der Waals surface area contributed by atoms with E-state index in [1.807, 2.05) is 0 Å². The lowest BCUT2D eigenvalue weighted by Crippen LogP contribution is -2.02. The molecule has 2 heterocycles.